The summed E-state index contributed by atoms with van der Waals surface area (Å²) in [5.41, 5.74) is 7.90. The lowest BCUT2D eigenvalue weighted by molar-refractivity contribution is -0.138. The molecule has 1 atom stereocenters. The van der Waals surface area contributed by atoms with E-state index < -0.39 is 11.9 Å². The molecule has 1 heterocycles. The summed E-state index contributed by atoms with van der Waals surface area (Å²) < 4.78 is 11.8. The second kappa shape index (κ2) is 8.11. The summed E-state index contributed by atoms with van der Waals surface area (Å²) in [5.74, 6) is -0.970. The third-order valence-electron chi connectivity index (χ3n) is 4.17. The van der Waals surface area contributed by atoms with Crippen molar-refractivity contribution in [3.05, 3.63) is 87.2 Å². The summed E-state index contributed by atoms with van der Waals surface area (Å²) in [6.45, 7) is 1.93. The Morgan fingerprint density at radius 3 is 2.52 bits per heavy atom. The Balaban J connectivity index is 2.31. The maximum Gasteiger partial charge on any atom is 0.338 e. The fourth-order valence-corrected chi connectivity index (χ4v) is 3.51. The summed E-state index contributed by atoms with van der Waals surface area (Å²) >= 11 is 3.51. The highest BCUT2D eigenvalue weighted by Gasteiger charge is 2.38. The number of hydrogen-bond acceptors (Lipinski definition) is 5. The average molecular weight is 425 g/mol. The minimum Gasteiger partial charge on any atom is -0.463 e. The maximum absolute atomic E-state index is 12.9. The van der Waals surface area contributed by atoms with Crippen molar-refractivity contribution < 1.29 is 14.3 Å². The van der Waals surface area contributed by atoms with Crippen molar-refractivity contribution in [2.45, 2.75) is 12.8 Å². The number of carbonyl (C=O) groups excluding carboxylic acids is 1. The number of allylic oxidation sites excluding steroid dienone is 1. The molecule has 0 saturated heterocycles. The highest BCUT2D eigenvalue weighted by molar-refractivity contribution is 9.10. The minimum absolute atomic E-state index is 0.0230. The van der Waals surface area contributed by atoms with E-state index in [1.807, 2.05) is 54.6 Å². The van der Waals surface area contributed by atoms with E-state index in [2.05, 4.69) is 22.0 Å². The Bertz CT molecular complexity index is 974. The quantitative estimate of drug-likeness (QED) is 0.741. The van der Waals surface area contributed by atoms with Crippen LogP contribution in [0.15, 0.2) is 76.1 Å². The zero-order valence-corrected chi connectivity index (χ0v) is 16.2. The molecule has 0 fully saturated rings. The average Bonchev–Trinajstić information content (AvgIpc) is 2.68. The van der Waals surface area contributed by atoms with Gasteiger partial charge in [-0.25, -0.2) is 4.79 Å². The fraction of sp³-hybridized carbons (Fsp3) is 0.143. The first-order valence-corrected chi connectivity index (χ1v) is 9.16. The number of carbonyl (C=O) groups is 1. The molecule has 0 aliphatic carbocycles. The number of nitriles is 1. The van der Waals surface area contributed by atoms with Crippen molar-refractivity contribution in [2.75, 3.05) is 6.61 Å². The van der Waals surface area contributed by atoms with E-state index in [0.29, 0.717) is 11.3 Å². The monoisotopic (exact) mass is 424 g/mol. The van der Waals surface area contributed by atoms with Crippen LogP contribution in [-0.4, -0.2) is 12.6 Å². The molecule has 136 valence electrons. The van der Waals surface area contributed by atoms with Crippen molar-refractivity contribution in [3.63, 3.8) is 0 Å². The van der Waals surface area contributed by atoms with E-state index in [4.69, 9.17) is 15.2 Å². The van der Waals surface area contributed by atoms with Gasteiger partial charge < -0.3 is 15.2 Å². The van der Waals surface area contributed by atoms with Crippen molar-refractivity contribution >= 4 is 27.7 Å². The standard InChI is InChI=1S/C21H17BrN2O3/c1-2-26-21(25)18-17(14-10-6-7-11-16(14)22)15(12-23)20(24)27-19(18)13-8-4-3-5-9-13/h3-11,17H,2,24H2,1H3/t17-/m1/s1. The van der Waals surface area contributed by atoms with Crippen LogP contribution in [0.1, 0.15) is 24.0 Å². The molecule has 0 spiro atoms. The first-order chi connectivity index (χ1) is 13.1. The van der Waals surface area contributed by atoms with E-state index in [1.165, 1.54) is 0 Å². The predicted octanol–water partition coefficient (Wildman–Crippen LogP) is 4.23. The summed E-state index contributed by atoms with van der Waals surface area (Å²) in [6, 6.07) is 18.6. The molecule has 27 heavy (non-hydrogen) atoms. The van der Waals surface area contributed by atoms with Crippen LogP contribution in [0.3, 0.4) is 0 Å². The molecule has 1 aliphatic rings. The van der Waals surface area contributed by atoms with Gasteiger partial charge in [0.1, 0.15) is 17.4 Å². The number of esters is 1. The summed E-state index contributed by atoms with van der Waals surface area (Å²) in [6.07, 6.45) is 0. The highest BCUT2D eigenvalue weighted by atomic mass is 79.9. The SMILES string of the molecule is CCOC(=O)C1=C(c2ccccc2)OC(N)=C(C#N)[C@H]1c1ccccc1Br. The largest absolute Gasteiger partial charge is 0.463 e. The molecular weight excluding hydrogens is 408 g/mol. The van der Waals surface area contributed by atoms with Gasteiger partial charge in [0, 0.05) is 10.0 Å². The third kappa shape index (κ3) is 3.60. The van der Waals surface area contributed by atoms with E-state index in [1.54, 1.807) is 6.92 Å². The second-order valence-corrected chi connectivity index (χ2v) is 6.63. The lowest BCUT2D eigenvalue weighted by Gasteiger charge is -2.28. The minimum atomic E-state index is -0.700. The van der Waals surface area contributed by atoms with Crippen LogP contribution in [0.4, 0.5) is 0 Å². The molecule has 0 radical (unpaired) electrons. The Morgan fingerprint density at radius 1 is 1.22 bits per heavy atom. The van der Waals surface area contributed by atoms with Crippen LogP contribution < -0.4 is 5.73 Å². The van der Waals surface area contributed by atoms with Crippen LogP contribution in [0.2, 0.25) is 0 Å². The number of hydrogen-bond donors (Lipinski definition) is 1. The van der Waals surface area contributed by atoms with Gasteiger partial charge in [-0.3, -0.25) is 0 Å². The van der Waals surface area contributed by atoms with E-state index in [-0.39, 0.29) is 23.6 Å². The molecule has 3 rings (SSSR count). The Kier molecular flexibility index (Phi) is 5.63. The van der Waals surface area contributed by atoms with Gasteiger partial charge in [-0.1, -0.05) is 64.5 Å². The van der Waals surface area contributed by atoms with Crippen LogP contribution >= 0.6 is 15.9 Å². The summed E-state index contributed by atoms with van der Waals surface area (Å²) in [4.78, 5) is 12.9. The highest BCUT2D eigenvalue weighted by Crippen LogP contribution is 2.44. The van der Waals surface area contributed by atoms with E-state index in [0.717, 1.165) is 10.0 Å². The van der Waals surface area contributed by atoms with Crippen molar-refractivity contribution in [1.29, 1.82) is 5.26 Å². The lowest BCUT2D eigenvalue weighted by Crippen LogP contribution is -2.26. The van der Waals surface area contributed by atoms with E-state index >= 15 is 0 Å². The molecule has 0 bridgehead atoms. The number of halogens is 1. The van der Waals surface area contributed by atoms with Gasteiger partial charge in [-0.2, -0.15) is 5.26 Å². The normalized spacial score (nSPS) is 16.6. The number of rotatable bonds is 4. The zero-order chi connectivity index (χ0) is 19.4. The Morgan fingerprint density at radius 2 is 1.89 bits per heavy atom. The van der Waals surface area contributed by atoms with E-state index in [9.17, 15) is 10.1 Å². The maximum atomic E-state index is 12.9. The number of benzene rings is 2. The Labute approximate surface area is 165 Å². The van der Waals surface area contributed by atoms with Crippen LogP contribution in [-0.2, 0) is 14.3 Å². The number of nitrogens with two attached hydrogens (primary N) is 1. The summed E-state index contributed by atoms with van der Waals surface area (Å²) in [7, 11) is 0. The van der Waals surface area contributed by atoms with Gasteiger partial charge in [-0.15, -0.1) is 0 Å². The fourth-order valence-electron chi connectivity index (χ4n) is 3.00. The van der Waals surface area contributed by atoms with Gasteiger partial charge in [0.25, 0.3) is 0 Å². The number of nitrogens with zero attached hydrogens (tertiary/aromatic N) is 1. The van der Waals surface area contributed by atoms with Gasteiger partial charge in [-0.05, 0) is 18.6 Å². The zero-order valence-electron chi connectivity index (χ0n) is 14.6. The molecule has 1 aliphatic heterocycles. The van der Waals surface area contributed by atoms with Crippen LogP contribution in [0.5, 0.6) is 0 Å². The molecule has 5 nitrogen and oxygen atoms in total. The molecule has 0 saturated carbocycles. The first kappa shape index (κ1) is 18.7. The van der Waals surface area contributed by atoms with Crippen molar-refractivity contribution in [3.8, 4) is 6.07 Å². The van der Waals surface area contributed by atoms with Crippen LogP contribution in [0.25, 0.3) is 5.76 Å². The molecule has 0 aromatic heterocycles. The van der Waals surface area contributed by atoms with Gasteiger partial charge in [0.2, 0.25) is 5.88 Å². The number of ether oxygens (including phenoxy) is 2. The molecule has 0 amide bonds. The predicted molar refractivity (Wildman–Crippen MR) is 105 cm³/mol. The Hall–Kier alpha value is -3.04. The first-order valence-electron chi connectivity index (χ1n) is 8.37. The molecule has 0 unspecified atom stereocenters. The van der Waals surface area contributed by atoms with Crippen molar-refractivity contribution in [1.82, 2.24) is 0 Å². The second-order valence-electron chi connectivity index (χ2n) is 5.78. The smallest absolute Gasteiger partial charge is 0.338 e. The topological polar surface area (TPSA) is 85.3 Å². The molecule has 2 aromatic carbocycles. The summed E-state index contributed by atoms with van der Waals surface area (Å²) in [5, 5.41) is 9.71. The molecule has 6 heteroatoms. The van der Waals surface area contributed by atoms with Gasteiger partial charge in [0.15, 0.2) is 0 Å². The van der Waals surface area contributed by atoms with Gasteiger partial charge in [0.05, 0.1) is 18.1 Å². The third-order valence-corrected chi connectivity index (χ3v) is 4.89. The van der Waals surface area contributed by atoms with Crippen LogP contribution in [0, 0.1) is 11.3 Å². The molecule has 2 N–H and O–H groups in total. The lowest BCUT2D eigenvalue weighted by atomic mass is 9.82. The molecular formula is C21H17BrN2O3. The molecule has 2 aromatic rings. The van der Waals surface area contributed by atoms with Crippen molar-refractivity contribution in [2.24, 2.45) is 5.73 Å². The van der Waals surface area contributed by atoms with Gasteiger partial charge >= 0.3 is 5.97 Å².